The Morgan fingerprint density at radius 1 is 1.13 bits per heavy atom. The highest BCUT2D eigenvalue weighted by Crippen LogP contribution is 2.27. The molecule has 0 unspecified atom stereocenters. The third-order valence-electron chi connectivity index (χ3n) is 3.08. The van der Waals surface area contributed by atoms with E-state index in [1.807, 2.05) is 0 Å². The Labute approximate surface area is 137 Å². The lowest BCUT2D eigenvalue weighted by molar-refractivity contribution is 0.599. The third kappa shape index (κ3) is 3.20. The van der Waals surface area contributed by atoms with Crippen LogP contribution >= 0.6 is 11.6 Å². The molecule has 0 aliphatic heterocycles. The van der Waals surface area contributed by atoms with Crippen LogP contribution in [0.25, 0.3) is 5.69 Å². The number of rotatable bonds is 4. The molecule has 8 heteroatoms. The maximum Gasteiger partial charge on any atom is 0.263 e. The number of nitrogens with one attached hydrogen (secondary N) is 1. The smallest absolute Gasteiger partial charge is 0.263 e. The Bertz CT molecular complexity index is 943. The number of benzene rings is 2. The average Bonchev–Trinajstić information content (AvgIpc) is 3.01. The van der Waals surface area contributed by atoms with E-state index in [2.05, 4.69) is 9.82 Å². The molecule has 118 valence electrons. The minimum atomic E-state index is -3.96. The summed E-state index contributed by atoms with van der Waals surface area (Å²) in [6.45, 7) is 0. The van der Waals surface area contributed by atoms with Crippen molar-refractivity contribution >= 4 is 27.3 Å². The number of hydrogen-bond donors (Lipinski definition) is 1. The lowest BCUT2D eigenvalue weighted by Gasteiger charge is -2.13. The van der Waals surface area contributed by atoms with Crippen LogP contribution in [0, 0.1) is 5.82 Å². The van der Waals surface area contributed by atoms with Crippen molar-refractivity contribution in [2.24, 2.45) is 0 Å². The van der Waals surface area contributed by atoms with E-state index in [1.165, 1.54) is 4.68 Å². The molecule has 0 aliphatic carbocycles. The minimum absolute atomic E-state index is 0.186. The van der Waals surface area contributed by atoms with Gasteiger partial charge in [0.2, 0.25) is 0 Å². The van der Waals surface area contributed by atoms with Crippen molar-refractivity contribution in [1.29, 1.82) is 0 Å². The van der Waals surface area contributed by atoms with Gasteiger partial charge in [0.1, 0.15) is 10.7 Å². The molecule has 1 heterocycles. The quantitative estimate of drug-likeness (QED) is 0.782. The van der Waals surface area contributed by atoms with E-state index >= 15 is 0 Å². The van der Waals surface area contributed by atoms with Gasteiger partial charge in [-0.15, -0.1) is 0 Å². The fraction of sp³-hybridized carbons (Fsp3) is 0. The van der Waals surface area contributed by atoms with Gasteiger partial charge in [0.05, 0.1) is 16.4 Å². The minimum Gasteiger partial charge on any atom is -0.277 e. The summed E-state index contributed by atoms with van der Waals surface area (Å²) in [7, 11) is -3.96. The molecule has 0 atom stereocenters. The van der Waals surface area contributed by atoms with E-state index in [9.17, 15) is 12.8 Å². The number of para-hydroxylation sites is 2. The summed E-state index contributed by atoms with van der Waals surface area (Å²) in [5.41, 5.74) is 0.885. The van der Waals surface area contributed by atoms with Crippen LogP contribution in [0.2, 0.25) is 5.02 Å². The van der Waals surface area contributed by atoms with Crippen LogP contribution in [0.1, 0.15) is 0 Å². The predicted molar refractivity (Wildman–Crippen MR) is 85.8 cm³/mol. The number of anilines is 1. The van der Waals surface area contributed by atoms with Crippen LogP contribution in [-0.2, 0) is 10.0 Å². The van der Waals surface area contributed by atoms with Crippen molar-refractivity contribution in [2.45, 2.75) is 4.90 Å². The highest BCUT2D eigenvalue weighted by molar-refractivity contribution is 7.92. The lowest BCUT2D eigenvalue weighted by atomic mass is 10.3. The van der Waals surface area contributed by atoms with Crippen LogP contribution < -0.4 is 4.72 Å². The summed E-state index contributed by atoms with van der Waals surface area (Å²) in [5.74, 6) is -0.606. The molecule has 0 radical (unpaired) electrons. The van der Waals surface area contributed by atoms with Crippen molar-refractivity contribution in [1.82, 2.24) is 9.78 Å². The molecule has 0 aliphatic rings. The first-order chi connectivity index (χ1) is 11.0. The van der Waals surface area contributed by atoms with E-state index in [0.29, 0.717) is 11.4 Å². The van der Waals surface area contributed by atoms with Crippen molar-refractivity contribution in [3.05, 3.63) is 71.8 Å². The fourth-order valence-electron chi connectivity index (χ4n) is 2.06. The van der Waals surface area contributed by atoms with Crippen LogP contribution in [0.15, 0.2) is 65.8 Å². The van der Waals surface area contributed by atoms with Gasteiger partial charge in [-0.1, -0.05) is 23.7 Å². The fourth-order valence-corrected chi connectivity index (χ4v) is 3.67. The van der Waals surface area contributed by atoms with E-state index < -0.39 is 15.8 Å². The SMILES string of the molecule is O=S(=O)(Nc1ccccc1-n1cccn1)c1ccc(F)cc1Cl. The zero-order chi connectivity index (χ0) is 16.4. The van der Waals surface area contributed by atoms with Gasteiger partial charge in [0.25, 0.3) is 10.0 Å². The first-order valence-corrected chi connectivity index (χ1v) is 8.40. The van der Waals surface area contributed by atoms with E-state index in [4.69, 9.17) is 11.6 Å². The van der Waals surface area contributed by atoms with Gasteiger partial charge >= 0.3 is 0 Å². The zero-order valence-electron chi connectivity index (χ0n) is 11.6. The van der Waals surface area contributed by atoms with E-state index in [0.717, 1.165) is 18.2 Å². The van der Waals surface area contributed by atoms with Crippen molar-refractivity contribution in [3.8, 4) is 5.69 Å². The summed E-state index contributed by atoms with van der Waals surface area (Å²) in [6.07, 6.45) is 3.28. The second kappa shape index (κ2) is 6.02. The molecular weight excluding hydrogens is 341 g/mol. The van der Waals surface area contributed by atoms with Gasteiger partial charge in [0, 0.05) is 12.4 Å². The largest absolute Gasteiger partial charge is 0.277 e. The molecule has 0 saturated heterocycles. The maximum absolute atomic E-state index is 13.1. The summed E-state index contributed by atoms with van der Waals surface area (Å²) >= 11 is 5.84. The molecule has 0 bridgehead atoms. The van der Waals surface area contributed by atoms with Gasteiger partial charge in [-0.25, -0.2) is 17.5 Å². The van der Waals surface area contributed by atoms with Crippen LogP contribution in [0.3, 0.4) is 0 Å². The number of hydrogen-bond acceptors (Lipinski definition) is 3. The molecular formula is C15H11ClFN3O2S. The molecule has 23 heavy (non-hydrogen) atoms. The Morgan fingerprint density at radius 3 is 2.61 bits per heavy atom. The lowest BCUT2D eigenvalue weighted by Crippen LogP contribution is -2.15. The molecule has 2 aromatic carbocycles. The molecule has 0 fully saturated rings. The normalized spacial score (nSPS) is 11.4. The maximum atomic E-state index is 13.1. The second-order valence-corrected chi connectivity index (χ2v) is 6.71. The predicted octanol–water partition coefficient (Wildman–Crippen LogP) is 3.47. The molecule has 3 rings (SSSR count). The molecule has 0 spiro atoms. The molecule has 1 aromatic heterocycles. The Morgan fingerprint density at radius 2 is 1.91 bits per heavy atom. The highest BCUT2D eigenvalue weighted by atomic mass is 35.5. The van der Waals surface area contributed by atoms with E-state index in [1.54, 1.807) is 42.7 Å². The number of halogens is 2. The molecule has 0 amide bonds. The summed E-state index contributed by atoms with van der Waals surface area (Å²) in [4.78, 5) is -0.198. The average molecular weight is 352 g/mol. The van der Waals surface area contributed by atoms with Crippen molar-refractivity contribution in [2.75, 3.05) is 4.72 Å². The summed E-state index contributed by atoms with van der Waals surface area (Å²) < 4.78 is 42.1. The Balaban J connectivity index is 2.02. The van der Waals surface area contributed by atoms with Gasteiger partial charge in [-0.05, 0) is 36.4 Å². The monoisotopic (exact) mass is 351 g/mol. The first-order valence-electron chi connectivity index (χ1n) is 6.54. The zero-order valence-corrected chi connectivity index (χ0v) is 13.2. The molecule has 0 saturated carbocycles. The van der Waals surface area contributed by atoms with Gasteiger partial charge in [-0.2, -0.15) is 5.10 Å². The van der Waals surface area contributed by atoms with E-state index in [-0.39, 0.29) is 9.92 Å². The molecule has 3 aromatic rings. The van der Waals surface area contributed by atoms with Gasteiger partial charge in [-0.3, -0.25) is 4.72 Å². The van der Waals surface area contributed by atoms with Crippen molar-refractivity contribution < 1.29 is 12.8 Å². The number of nitrogens with zero attached hydrogens (tertiary/aromatic N) is 2. The standard InChI is InChI=1S/C15H11ClFN3O2S/c16-12-10-11(17)6-7-15(12)23(21,22)19-13-4-1-2-5-14(13)20-9-3-8-18-20/h1-10,19H. The van der Waals surface area contributed by atoms with Crippen molar-refractivity contribution in [3.63, 3.8) is 0 Å². The van der Waals surface area contributed by atoms with Gasteiger partial charge < -0.3 is 0 Å². The summed E-state index contributed by atoms with van der Waals surface area (Å²) in [6, 6.07) is 11.6. The topological polar surface area (TPSA) is 64.0 Å². The van der Waals surface area contributed by atoms with Crippen LogP contribution in [0.5, 0.6) is 0 Å². The van der Waals surface area contributed by atoms with Gasteiger partial charge in [0.15, 0.2) is 0 Å². The number of aromatic nitrogens is 2. The third-order valence-corrected chi connectivity index (χ3v) is 4.93. The Kier molecular flexibility index (Phi) is 4.06. The number of sulfonamides is 1. The second-order valence-electron chi connectivity index (χ2n) is 4.65. The first kappa shape index (κ1) is 15.5. The summed E-state index contributed by atoms with van der Waals surface area (Å²) in [5, 5.41) is 3.90. The molecule has 5 nitrogen and oxygen atoms in total. The van der Waals surface area contributed by atoms with Crippen LogP contribution in [0.4, 0.5) is 10.1 Å². The Hall–Kier alpha value is -2.38. The highest BCUT2D eigenvalue weighted by Gasteiger charge is 2.20. The molecule has 1 N–H and O–H groups in total. The van der Waals surface area contributed by atoms with Crippen LogP contribution in [-0.4, -0.2) is 18.2 Å².